The fourth-order valence-electron chi connectivity index (χ4n) is 1.57. The van der Waals surface area contributed by atoms with Crippen LogP contribution in [0.15, 0.2) is 0 Å². The van der Waals surface area contributed by atoms with Crippen molar-refractivity contribution in [1.82, 2.24) is 10.2 Å². The number of nitrogens with one attached hydrogen (secondary N) is 1. The van der Waals surface area contributed by atoms with E-state index in [1.807, 2.05) is 23.7 Å². The summed E-state index contributed by atoms with van der Waals surface area (Å²) in [6, 6.07) is 0. The van der Waals surface area contributed by atoms with Crippen LogP contribution in [0.25, 0.3) is 0 Å². The molecule has 1 N–H and O–H groups in total. The smallest absolute Gasteiger partial charge is 0.222 e. The lowest BCUT2D eigenvalue weighted by molar-refractivity contribution is -0.131. The molecule has 1 aliphatic rings. The van der Waals surface area contributed by atoms with Crippen LogP contribution in [0.5, 0.6) is 0 Å². The molecule has 0 saturated carbocycles. The summed E-state index contributed by atoms with van der Waals surface area (Å²) in [4.78, 5) is 13.7. The summed E-state index contributed by atoms with van der Waals surface area (Å²) in [5.41, 5.74) is 0. The minimum atomic E-state index is 0.336. The van der Waals surface area contributed by atoms with Gasteiger partial charge in [0.15, 0.2) is 0 Å². The molecule has 0 unspecified atom stereocenters. The van der Waals surface area contributed by atoms with Crippen molar-refractivity contribution in [3.63, 3.8) is 0 Å². The minimum Gasteiger partial charge on any atom is -0.342 e. The van der Waals surface area contributed by atoms with Crippen molar-refractivity contribution >= 4 is 17.7 Å². The number of nitrogens with zero attached hydrogens (tertiary/aromatic N) is 1. The zero-order valence-corrected chi connectivity index (χ0v) is 9.74. The van der Waals surface area contributed by atoms with Crippen LogP contribution < -0.4 is 5.32 Å². The van der Waals surface area contributed by atoms with Gasteiger partial charge in [-0.15, -0.1) is 0 Å². The minimum absolute atomic E-state index is 0.336. The van der Waals surface area contributed by atoms with Crippen LogP contribution in [0.4, 0.5) is 0 Å². The molecule has 1 aliphatic heterocycles. The highest BCUT2D eigenvalue weighted by atomic mass is 32.2. The third-order valence-corrected chi connectivity index (χ3v) is 3.44. The highest BCUT2D eigenvalue weighted by Crippen LogP contribution is 2.11. The Labute approximate surface area is 90.6 Å². The Morgan fingerprint density at radius 1 is 1.43 bits per heavy atom. The van der Waals surface area contributed by atoms with E-state index in [9.17, 15) is 4.79 Å². The van der Waals surface area contributed by atoms with E-state index in [4.69, 9.17) is 0 Å². The summed E-state index contributed by atoms with van der Waals surface area (Å²) < 4.78 is 0. The van der Waals surface area contributed by atoms with E-state index in [1.54, 1.807) is 0 Å². The molecule has 1 rings (SSSR count). The van der Waals surface area contributed by atoms with Crippen LogP contribution in [0.2, 0.25) is 0 Å². The number of amides is 1. The number of rotatable bonds is 4. The molecule has 3 nitrogen and oxygen atoms in total. The maximum Gasteiger partial charge on any atom is 0.222 e. The van der Waals surface area contributed by atoms with E-state index in [-0.39, 0.29) is 0 Å². The van der Waals surface area contributed by atoms with Gasteiger partial charge in [-0.25, -0.2) is 0 Å². The molecule has 0 aromatic carbocycles. The fraction of sp³-hybridized carbons (Fsp3) is 0.900. The molecule has 1 fully saturated rings. The lowest BCUT2D eigenvalue weighted by Gasteiger charge is -2.19. The summed E-state index contributed by atoms with van der Waals surface area (Å²) in [7, 11) is 1.92. The van der Waals surface area contributed by atoms with E-state index in [1.165, 1.54) is 5.75 Å². The summed E-state index contributed by atoms with van der Waals surface area (Å²) in [5, 5.41) is 3.06. The average Bonchev–Trinajstić information content (AvgIpc) is 2.46. The van der Waals surface area contributed by atoms with Crippen molar-refractivity contribution < 1.29 is 4.79 Å². The first kappa shape index (κ1) is 11.9. The van der Waals surface area contributed by atoms with Gasteiger partial charge in [-0.1, -0.05) is 0 Å². The Kier molecular flexibility index (Phi) is 6.03. The number of carbonyl (C=O) groups excluding carboxylic acids is 1. The summed E-state index contributed by atoms with van der Waals surface area (Å²) in [5.74, 6) is 2.65. The lowest BCUT2D eigenvalue weighted by Crippen LogP contribution is -2.33. The predicted molar refractivity (Wildman–Crippen MR) is 61.7 cm³/mol. The average molecular weight is 216 g/mol. The van der Waals surface area contributed by atoms with Gasteiger partial charge in [0.25, 0.3) is 0 Å². The second-order valence-electron chi connectivity index (χ2n) is 3.55. The first-order chi connectivity index (χ1) is 6.84. The molecule has 0 aliphatic carbocycles. The Bertz CT molecular complexity index is 168. The Hall–Kier alpha value is -0.220. The molecule has 0 spiro atoms. The molecule has 4 heteroatoms. The summed E-state index contributed by atoms with van der Waals surface area (Å²) in [6.45, 7) is 2.85. The third kappa shape index (κ3) is 4.33. The van der Waals surface area contributed by atoms with Crippen LogP contribution in [0.1, 0.15) is 19.3 Å². The Balaban J connectivity index is 2.20. The second-order valence-corrected chi connectivity index (χ2v) is 4.78. The van der Waals surface area contributed by atoms with Crippen molar-refractivity contribution in [2.75, 3.05) is 38.2 Å². The Morgan fingerprint density at radius 2 is 2.29 bits per heavy atom. The molecule has 1 amide bonds. The first-order valence-corrected chi connectivity index (χ1v) is 6.50. The highest BCUT2D eigenvalue weighted by Gasteiger charge is 2.14. The van der Waals surface area contributed by atoms with Gasteiger partial charge in [-0.05, 0) is 32.2 Å². The van der Waals surface area contributed by atoms with Gasteiger partial charge in [-0.2, -0.15) is 11.8 Å². The molecular weight excluding hydrogens is 196 g/mol. The van der Waals surface area contributed by atoms with Crippen LogP contribution >= 0.6 is 11.8 Å². The van der Waals surface area contributed by atoms with Crippen molar-refractivity contribution in [2.24, 2.45) is 0 Å². The number of hydrogen-bond acceptors (Lipinski definition) is 3. The van der Waals surface area contributed by atoms with Crippen molar-refractivity contribution in [3.8, 4) is 0 Å². The van der Waals surface area contributed by atoms with Crippen LogP contribution in [-0.2, 0) is 4.79 Å². The lowest BCUT2D eigenvalue weighted by atomic mass is 10.2. The molecule has 0 aromatic heterocycles. The monoisotopic (exact) mass is 216 g/mol. The van der Waals surface area contributed by atoms with Gasteiger partial charge < -0.3 is 10.2 Å². The molecular formula is C10H20N2OS. The maximum absolute atomic E-state index is 11.7. The summed E-state index contributed by atoms with van der Waals surface area (Å²) >= 11 is 1.96. The van der Waals surface area contributed by atoms with Crippen molar-refractivity contribution in [2.45, 2.75) is 19.3 Å². The standard InChI is InChI=1S/C10H20N2OS/c1-11-5-2-4-10(13)12-6-3-8-14-9-7-12/h11H,2-9H2,1H3. The SMILES string of the molecule is CNCCCC(=O)N1CCCSCC1. The zero-order chi connectivity index (χ0) is 10.2. The predicted octanol–water partition coefficient (Wildman–Crippen LogP) is 0.952. The molecule has 0 radical (unpaired) electrons. The fourth-order valence-corrected chi connectivity index (χ4v) is 2.46. The van der Waals surface area contributed by atoms with Crippen LogP contribution in [0, 0.1) is 0 Å². The van der Waals surface area contributed by atoms with E-state index >= 15 is 0 Å². The number of carbonyl (C=O) groups is 1. The van der Waals surface area contributed by atoms with E-state index in [0.717, 1.165) is 38.2 Å². The zero-order valence-electron chi connectivity index (χ0n) is 8.92. The molecule has 0 aromatic rings. The largest absolute Gasteiger partial charge is 0.342 e. The molecule has 1 heterocycles. The van der Waals surface area contributed by atoms with Gasteiger partial charge in [0.1, 0.15) is 0 Å². The normalized spacial score (nSPS) is 17.9. The van der Waals surface area contributed by atoms with Gasteiger partial charge >= 0.3 is 0 Å². The van der Waals surface area contributed by atoms with Crippen molar-refractivity contribution in [3.05, 3.63) is 0 Å². The van der Waals surface area contributed by atoms with Gasteiger partial charge in [0.05, 0.1) is 0 Å². The molecule has 1 saturated heterocycles. The molecule has 14 heavy (non-hydrogen) atoms. The van der Waals surface area contributed by atoms with E-state index in [0.29, 0.717) is 12.3 Å². The van der Waals surface area contributed by atoms with Crippen LogP contribution in [-0.4, -0.2) is 49.0 Å². The topological polar surface area (TPSA) is 32.3 Å². The molecule has 82 valence electrons. The van der Waals surface area contributed by atoms with Crippen molar-refractivity contribution in [1.29, 1.82) is 0 Å². The number of thioether (sulfide) groups is 1. The number of hydrogen-bond donors (Lipinski definition) is 1. The third-order valence-electron chi connectivity index (χ3n) is 2.39. The molecule has 0 atom stereocenters. The first-order valence-electron chi connectivity index (χ1n) is 5.34. The second kappa shape index (κ2) is 7.12. The maximum atomic E-state index is 11.7. The van der Waals surface area contributed by atoms with Gasteiger partial charge in [-0.3, -0.25) is 4.79 Å². The van der Waals surface area contributed by atoms with E-state index in [2.05, 4.69) is 5.32 Å². The van der Waals surface area contributed by atoms with E-state index < -0.39 is 0 Å². The highest BCUT2D eigenvalue weighted by molar-refractivity contribution is 7.99. The van der Waals surface area contributed by atoms with Crippen LogP contribution in [0.3, 0.4) is 0 Å². The van der Waals surface area contributed by atoms with Gasteiger partial charge in [0, 0.05) is 25.3 Å². The molecule has 0 bridgehead atoms. The summed E-state index contributed by atoms with van der Waals surface area (Å²) in [6.07, 6.45) is 2.81. The Morgan fingerprint density at radius 3 is 3.07 bits per heavy atom. The van der Waals surface area contributed by atoms with Gasteiger partial charge in [0.2, 0.25) is 5.91 Å². The quantitative estimate of drug-likeness (QED) is 0.710.